The fraction of sp³-hybridized carbons (Fsp3) is 1.00. The molecule has 0 aromatic carbocycles. The van der Waals surface area contributed by atoms with Gasteiger partial charge in [0.15, 0.2) is 0 Å². The van der Waals surface area contributed by atoms with Crippen LogP contribution in [0.1, 0.15) is 52.4 Å². The van der Waals surface area contributed by atoms with E-state index in [0.29, 0.717) is 12.5 Å². The van der Waals surface area contributed by atoms with Crippen molar-refractivity contribution in [3.63, 3.8) is 0 Å². The standard InChI is InChI=1S/C14H29NO3/c1-11(17)14(9-10-16,12(2)18)15(3)13-7-5-4-6-8-13/h11-13,16-18H,4-10H2,1-3H3. The summed E-state index contributed by atoms with van der Waals surface area (Å²) in [6.45, 7) is 3.40. The van der Waals surface area contributed by atoms with E-state index in [1.54, 1.807) is 13.8 Å². The molecule has 0 bridgehead atoms. The first-order valence-corrected chi connectivity index (χ1v) is 7.16. The highest BCUT2D eigenvalue weighted by atomic mass is 16.3. The Hall–Kier alpha value is -0.160. The fourth-order valence-corrected chi connectivity index (χ4v) is 3.52. The van der Waals surface area contributed by atoms with Crippen molar-refractivity contribution in [1.29, 1.82) is 0 Å². The van der Waals surface area contributed by atoms with E-state index >= 15 is 0 Å². The molecule has 1 saturated carbocycles. The summed E-state index contributed by atoms with van der Waals surface area (Å²) in [6, 6.07) is 0.398. The van der Waals surface area contributed by atoms with Crippen LogP contribution in [0.25, 0.3) is 0 Å². The van der Waals surface area contributed by atoms with Gasteiger partial charge in [0.1, 0.15) is 0 Å². The molecule has 4 heteroatoms. The first-order valence-electron chi connectivity index (χ1n) is 7.16. The zero-order chi connectivity index (χ0) is 13.8. The van der Waals surface area contributed by atoms with Crippen LogP contribution in [0.3, 0.4) is 0 Å². The number of hydrogen-bond donors (Lipinski definition) is 3. The minimum absolute atomic E-state index is 0.0210. The summed E-state index contributed by atoms with van der Waals surface area (Å²) in [4.78, 5) is 2.12. The van der Waals surface area contributed by atoms with E-state index < -0.39 is 17.7 Å². The number of rotatable bonds is 6. The van der Waals surface area contributed by atoms with Gasteiger partial charge in [0.2, 0.25) is 0 Å². The van der Waals surface area contributed by atoms with Gasteiger partial charge in [-0.25, -0.2) is 0 Å². The van der Waals surface area contributed by atoms with Gasteiger partial charge in [-0.1, -0.05) is 19.3 Å². The van der Waals surface area contributed by atoms with Crippen LogP contribution < -0.4 is 0 Å². The van der Waals surface area contributed by atoms with Crippen molar-refractivity contribution in [3.8, 4) is 0 Å². The molecule has 1 aliphatic rings. The maximum atomic E-state index is 10.2. The predicted octanol–water partition coefficient (Wildman–Crippen LogP) is 1.13. The molecule has 4 nitrogen and oxygen atoms in total. The van der Waals surface area contributed by atoms with Crippen molar-refractivity contribution in [2.24, 2.45) is 0 Å². The molecule has 18 heavy (non-hydrogen) atoms. The van der Waals surface area contributed by atoms with Crippen molar-refractivity contribution in [1.82, 2.24) is 4.90 Å². The van der Waals surface area contributed by atoms with Crippen LogP contribution in [0, 0.1) is 0 Å². The SMILES string of the molecule is CC(O)C(CCO)(C(C)O)N(C)C1CCCCC1. The lowest BCUT2D eigenvalue weighted by Crippen LogP contribution is -2.64. The van der Waals surface area contributed by atoms with Crippen molar-refractivity contribution in [3.05, 3.63) is 0 Å². The molecule has 108 valence electrons. The Morgan fingerprint density at radius 1 is 1.11 bits per heavy atom. The van der Waals surface area contributed by atoms with Crippen molar-refractivity contribution in [2.75, 3.05) is 13.7 Å². The summed E-state index contributed by atoms with van der Waals surface area (Å²) >= 11 is 0. The first kappa shape index (κ1) is 15.9. The van der Waals surface area contributed by atoms with Gasteiger partial charge in [-0.3, -0.25) is 4.90 Å². The lowest BCUT2D eigenvalue weighted by atomic mass is 9.80. The molecule has 1 fully saturated rings. The van der Waals surface area contributed by atoms with Crippen LogP contribution in [0.4, 0.5) is 0 Å². The van der Waals surface area contributed by atoms with Crippen LogP contribution in [0.5, 0.6) is 0 Å². The number of likely N-dealkylation sites (N-methyl/N-ethyl adjacent to an activating group) is 1. The van der Waals surface area contributed by atoms with E-state index in [0.717, 1.165) is 12.8 Å². The fourth-order valence-electron chi connectivity index (χ4n) is 3.52. The molecule has 2 atom stereocenters. The summed E-state index contributed by atoms with van der Waals surface area (Å²) in [5.74, 6) is 0. The van der Waals surface area contributed by atoms with Crippen molar-refractivity contribution >= 4 is 0 Å². The van der Waals surface area contributed by atoms with Crippen LogP contribution in [0.15, 0.2) is 0 Å². The molecule has 3 N–H and O–H groups in total. The lowest BCUT2D eigenvalue weighted by molar-refractivity contribution is -0.114. The Labute approximate surface area is 111 Å². The lowest BCUT2D eigenvalue weighted by Gasteiger charge is -2.50. The Balaban J connectivity index is 2.92. The third-order valence-corrected chi connectivity index (χ3v) is 4.74. The van der Waals surface area contributed by atoms with Gasteiger partial charge in [-0.15, -0.1) is 0 Å². The van der Waals surface area contributed by atoms with Gasteiger partial charge in [-0.2, -0.15) is 0 Å². The second-order valence-electron chi connectivity index (χ2n) is 5.72. The normalized spacial score (nSPS) is 24.8. The van der Waals surface area contributed by atoms with Crippen molar-refractivity contribution in [2.45, 2.75) is 76.2 Å². The second-order valence-corrected chi connectivity index (χ2v) is 5.72. The highest BCUT2D eigenvalue weighted by Crippen LogP contribution is 2.33. The van der Waals surface area contributed by atoms with Gasteiger partial charge in [0.05, 0.1) is 17.7 Å². The number of aliphatic hydroxyl groups excluding tert-OH is 3. The smallest absolute Gasteiger partial charge is 0.0746 e. The van der Waals surface area contributed by atoms with E-state index in [9.17, 15) is 15.3 Å². The highest BCUT2D eigenvalue weighted by molar-refractivity contribution is 5.00. The van der Waals surface area contributed by atoms with Crippen LogP contribution in [-0.4, -0.2) is 57.7 Å². The minimum atomic E-state index is -0.739. The Morgan fingerprint density at radius 3 is 2.00 bits per heavy atom. The molecule has 0 radical (unpaired) electrons. The summed E-state index contributed by atoms with van der Waals surface area (Å²) in [7, 11) is 1.98. The van der Waals surface area contributed by atoms with Crippen LogP contribution in [0.2, 0.25) is 0 Å². The second kappa shape index (κ2) is 6.85. The summed E-state index contributed by atoms with van der Waals surface area (Å²) in [5.41, 5.74) is -0.739. The third-order valence-electron chi connectivity index (χ3n) is 4.74. The average Bonchev–Trinajstić information content (AvgIpc) is 2.35. The maximum absolute atomic E-state index is 10.2. The number of nitrogens with zero attached hydrogens (tertiary/aromatic N) is 1. The molecule has 0 aliphatic heterocycles. The molecular formula is C14H29NO3. The van der Waals surface area contributed by atoms with E-state index in [1.807, 2.05) is 7.05 Å². The Bertz CT molecular complexity index is 229. The van der Waals surface area contributed by atoms with E-state index in [-0.39, 0.29) is 6.61 Å². The predicted molar refractivity (Wildman–Crippen MR) is 72.4 cm³/mol. The number of aliphatic hydroxyl groups is 3. The average molecular weight is 259 g/mol. The van der Waals surface area contributed by atoms with E-state index in [1.165, 1.54) is 19.3 Å². The zero-order valence-corrected chi connectivity index (χ0v) is 12.0. The van der Waals surface area contributed by atoms with E-state index in [4.69, 9.17) is 0 Å². The molecular weight excluding hydrogens is 230 g/mol. The Kier molecular flexibility index (Phi) is 6.05. The van der Waals surface area contributed by atoms with Crippen LogP contribution in [-0.2, 0) is 0 Å². The molecule has 1 rings (SSSR count). The minimum Gasteiger partial charge on any atom is -0.396 e. The molecule has 0 heterocycles. The molecule has 2 unspecified atom stereocenters. The highest BCUT2D eigenvalue weighted by Gasteiger charge is 2.45. The third kappa shape index (κ3) is 3.05. The van der Waals surface area contributed by atoms with Gasteiger partial charge in [0, 0.05) is 12.6 Å². The Morgan fingerprint density at radius 2 is 1.61 bits per heavy atom. The van der Waals surface area contributed by atoms with Gasteiger partial charge in [-0.05, 0) is 40.2 Å². The molecule has 0 spiro atoms. The molecule has 0 saturated heterocycles. The summed E-state index contributed by atoms with van der Waals surface area (Å²) < 4.78 is 0. The number of hydrogen-bond acceptors (Lipinski definition) is 4. The molecule has 0 amide bonds. The maximum Gasteiger partial charge on any atom is 0.0746 e. The van der Waals surface area contributed by atoms with Crippen LogP contribution >= 0.6 is 0 Å². The zero-order valence-electron chi connectivity index (χ0n) is 12.0. The van der Waals surface area contributed by atoms with Crippen molar-refractivity contribution < 1.29 is 15.3 Å². The molecule has 0 aromatic heterocycles. The quantitative estimate of drug-likeness (QED) is 0.669. The molecule has 0 aromatic rings. The van der Waals surface area contributed by atoms with Gasteiger partial charge >= 0.3 is 0 Å². The summed E-state index contributed by atoms with van der Waals surface area (Å²) in [6.07, 6.45) is 4.99. The molecule has 1 aliphatic carbocycles. The monoisotopic (exact) mass is 259 g/mol. The summed E-state index contributed by atoms with van der Waals surface area (Å²) in [5, 5.41) is 29.6. The van der Waals surface area contributed by atoms with Gasteiger partial charge < -0.3 is 15.3 Å². The largest absolute Gasteiger partial charge is 0.396 e. The first-order chi connectivity index (χ1) is 8.46. The van der Waals surface area contributed by atoms with Gasteiger partial charge in [0.25, 0.3) is 0 Å². The topological polar surface area (TPSA) is 63.9 Å². The van der Waals surface area contributed by atoms with E-state index in [2.05, 4.69) is 4.90 Å².